The minimum absolute atomic E-state index is 0.221. The van der Waals surface area contributed by atoms with Crippen molar-refractivity contribution in [3.8, 4) is 0 Å². The molecule has 0 heterocycles. The van der Waals surface area contributed by atoms with Crippen LogP contribution in [0, 0.1) is 5.82 Å². The van der Waals surface area contributed by atoms with E-state index in [9.17, 15) is 9.18 Å². The van der Waals surface area contributed by atoms with E-state index in [1.807, 2.05) is 0 Å². The van der Waals surface area contributed by atoms with Crippen molar-refractivity contribution < 1.29 is 9.18 Å². The minimum Gasteiger partial charge on any atom is -0.298 e. The number of benzene rings is 1. The average Bonchev–Trinajstić information content (AvgIpc) is 2.70. The summed E-state index contributed by atoms with van der Waals surface area (Å²) in [5, 5.41) is 0. The van der Waals surface area contributed by atoms with E-state index in [0.717, 1.165) is 18.4 Å². The first-order valence-electron chi connectivity index (χ1n) is 5.06. The Kier molecular flexibility index (Phi) is 2.62. The molecule has 14 heavy (non-hydrogen) atoms. The number of carbonyl (C=O) groups excluding carboxylic acids is 1. The maximum absolute atomic E-state index is 13.5. The summed E-state index contributed by atoms with van der Waals surface area (Å²) in [6.45, 7) is 0. The van der Waals surface area contributed by atoms with Crippen LogP contribution in [-0.4, -0.2) is 6.29 Å². The molecule has 0 atom stereocenters. The number of rotatable bonds is 2. The first-order valence-corrected chi connectivity index (χ1v) is 5.06. The fourth-order valence-corrected chi connectivity index (χ4v) is 2.18. The van der Waals surface area contributed by atoms with Crippen LogP contribution in [0.3, 0.4) is 0 Å². The molecule has 0 radical (unpaired) electrons. The standard InChI is InChI=1S/C12H13FO/c13-12-7-9(8-14)5-6-11(12)10-3-1-2-4-10/h5-8,10H,1-4H2. The van der Waals surface area contributed by atoms with Crippen molar-refractivity contribution in [1.29, 1.82) is 0 Å². The Morgan fingerprint density at radius 3 is 2.57 bits per heavy atom. The molecule has 0 amide bonds. The van der Waals surface area contributed by atoms with Crippen LogP contribution in [0.5, 0.6) is 0 Å². The molecule has 1 aliphatic rings. The Morgan fingerprint density at radius 2 is 2.00 bits per heavy atom. The molecular formula is C12H13FO. The van der Waals surface area contributed by atoms with Gasteiger partial charge in [0.15, 0.2) is 0 Å². The summed E-state index contributed by atoms with van der Waals surface area (Å²) in [5.41, 5.74) is 1.21. The first kappa shape index (κ1) is 9.38. The molecule has 0 N–H and O–H groups in total. The van der Waals surface area contributed by atoms with Gasteiger partial charge in [-0.25, -0.2) is 4.39 Å². The Labute approximate surface area is 82.9 Å². The van der Waals surface area contributed by atoms with E-state index in [4.69, 9.17) is 0 Å². The van der Waals surface area contributed by atoms with E-state index in [1.165, 1.54) is 18.9 Å². The molecule has 1 aromatic rings. The summed E-state index contributed by atoms with van der Waals surface area (Å²) in [5.74, 6) is 0.150. The maximum Gasteiger partial charge on any atom is 0.150 e. The molecule has 1 aromatic carbocycles. The normalized spacial score (nSPS) is 17.2. The molecule has 0 aliphatic heterocycles. The summed E-state index contributed by atoms with van der Waals surface area (Å²) < 4.78 is 13.5. The molecule has 1 fully saturated rings. The molecule has 0 bridgehead atoms. The van der Waals surface area contributed by atoms with Gasteiger partial charge in [0, 0.05) is 5.56 Å². The van der Waals surface area contributed by atoms with Crippen molar-refractivity contribution in [2.45, 2.75) is 31.6 Å². The smallest absolute Gasteiger partial charge is 0.150 e. The van der Waals surface area contributed by atoms with Crippen molar-refractivity contribution in [2.24, 2.45) is 0 Å². The third-order valence-corrected chi connectivity index (χ3v) is 2.96. The van der Waals surface area contributed by atoms with Crippen molar-refractivity contribution in [3.05, 3.63) is 35.1 Å². The van der Waals surface area contributed by atoms with E-state index in [2.05, 4.69) is 0 Å². The molecule has 0 saturated heterocycles. The number of carbonyl (C=O) groups is 1. The fraction of sp³-hybridized carbons (Fsp3) is 0.417. The van der Waals surface area contributed by atoms with Gasteiger partial charge in [-0.3, -0.25) is 4.79 Å². The van der Waals surface area contributed by atoms with Gasteiger partial charge in [0.1, 0.15) is 12.1 Å². The Bertz CT molecular complexity index is 340. The summed E-state index contributed by atoms with van der Waals surface area (Å²) in [4.78, 5) is 10.4. The largest absolute Gasteiger partial charge is 0.298 e. The van der Waals surface area contributed by atoms with Crippen molar-refractivity contribution in [3.63, 3.8) is 0 Å². The lowest BCUT2D eigenvalue weighted by molar-refractivity contribution is 0.112. The second-order valence-corrected chi connectivity index (χ2v) is 3.88. The molecule has 2 rings (SSSR count). The topological polar surface area (TPSA) is 17.1 Å². The minimum atomic E-state index is -0.221. The highest BCUT2D eigenvalue weighted by Gasteiger charge is 2.19. The fourth-order valence-electron chi connectivity index (χ4n) is 2.18. The van der Waals surface area contributed by atoms with Crippen LogP contribution < -0.4 is 0 Å². The Balaban J connectivity index is 2.29. The molecule has 1 aliphatic carbocycles. The zero-order chi connectivity index (χ0) is 9.97. The van der Waals surface area contributed by atoms with Gasteiger partial charge in [-0.1, -0.05) is 25.0 Å². The molecule has 0 aromatic heterocycles. The second kappa shape index (κ2) is 3.91. The van der Waals surface area contributed by atoms with Gasteiger partial charge in [0.25, 0.3) is 0 Å². The summed E-state index contributed by atoms with van der Waals surface area (Å²) in [6, 6.07) is 4.79. The van der Waals surface area contributed by atoms with Crippen LogP contribution in [0.1, 0.15) is 47.5 Å². The van der Waals surface area contributed by atoms with Crippen LogP contribution in [-0.2, 0) is 0 Å². The van der Waals surface area contributed by atoms with Gasteiger partial charge < -0.3 is 0 Å². The van der Waals surface area contributed by atoms with E-state index in [0.29, 0.717) is 17.8 Å². The van der Waals surface area contributed by atoms with Gasteiger partial charge in [0.2, 0.25) is 0 Å². The first-order chi connectivity index (χ1) is 6.81. The number of aldehydes is 1. The van der Waals surface area contributed by atoms with Crippen molar-refractivity contribution >= 4 is 6.29 Å². The predicted molar refractivity (Wildman–Crippen MR) is 53.0 cm³/mol. The average molecular weight is 192 g/mol. The molecule has 74 valence electrons. The van der Waals surface area contributed by atoms with Gasteiger partial charge in [-0.15, -0.1) is 0 Å². The number of hydrogen-bond donors (Lipinski definition) is 0. The van der Waals surface area contributed by atoms with E-state index >= 15 is 0 Å². The van der Waals surface area contributed by atoms with Crippen molar-refractivity contribution in [1.82, 2.24) is 0 Å². The molecular weight excluding hydrogens is 179 g/mol. The van der Waals surface area contributed by atoms with Crippen LogP contribution in [0.4, 0.5) is 4.39 Å². The molecule has 1 nitrogen and oxygen atoms in total. The van der Waals surface area contributed by atoms with Gasteiger partial charge in [-0.2, -0.15) is 0 Å². The lowest BCUT2D eigenvalue weighted by Gasteiger charge is -2.10. The molecule has 0 spiro atoms. The summed E-state index contributed by atoms with van der Waals surface area (Å²) in [6.07, 6.45) is 5.23. The number of halogens is 1. The predicted octanol–water partition coefficient (Wildman–Crippen LogP) is 3.30. The lowest BCUT2D eigenvalue weighted by atomic mass is 9.96. The monoisotopic (exact) mass is 192 g/mol. The number of hydrogen-bond acceptors (Lipinski definition) is 1. The quantitative estimate of drug-likeness (QED) is 0.657. The Hall–Kier alpha value is -1.18. The van der Waals surface area contributed by atoms with Crippen LogP contribution in [0.25, 0.3) is 0 Å². The molecule has 1 saturated carbocycles. The highest BCUT2D eigenvalue weighted by atomic mass is 19.1. The lowest BCUT2D eigenvalue weighted by Crippen LogP contribution is -1.97. The van der Waals surface area contributed by atoms with Gasteiger partial charge in [0.05, 0.1) is 0 Å². The third kappa shape index (κ3) is 1.69. The Morgan fingerprint density at radius 1 is 1.29 bits per heavy atom. The molecule has 2 heteroatoms. The van der Waals surface area contributed by atoms with Crippen LogP contribution in [0.2, 0.25) is 0 Å². The molecule has 0 unspecified atom stereocenters. The van der Waals surface area contributed by atoms with E-state index in [1.54, 1.807) is 12.1 Å². The zero-order valence-electron chi connectivity index (χ0n) is 8.00. The summed E-state index contributed by atoms with van der Waals surface area (Å²) >= 11 is 0. The van der Waals surface area contributed by atoms with E-state index in [-0.39, 0.29) is 5.82 Å². The third-order valence-electron chi connectivity index (χ3n) is 2.96. The van der Waals surface area contributed by atoms with Gasteiger partial charge >= 0.3 is 0 Å². The highest BCUT2D eigenvalue weighted by molar-refractivity contribution is 5.74. The summed E-state index contributed by atoms with van der Waals surface area (Å²) in [7, 11) is 0. The van der Waals surface area contributed by atoms with Gasteiger partial charge in [-0.05, 0) is 30.4 Å². The SMILES string of the molecule is O=Cc1ccc(C2CCCC2)c(F)c1. The van der Waals surface area contributed by atoms with Crippen LogP contribution in [0.15, 0.2) is 18.2 Å². The second-order valence-electron chi connectivity index (χ2n) is 3.88. The van der Waals surface area contributed by atoms with Crippen LogP contribution >= 0.6 is 0 Å². The maximum atomic E-state index is 13.5. The zero-order valence-corrected chi connectivity index (χ0v) is 8.00. The van der Waals surface area contributed by atoms with E-state index < -0.39 is 0 Å². The highest BCUT2D eigenvalue weighted by Crippen LogP contribution is 2.35. The van der Waals surface area contributed by atoms with Crippen molar-refractivity contribution in [2.75, 3.05) is 0 Å².